The fraction of sp³-hybridized carbons (Fsp3) is 1.00. The molecule has 3 nitrogen and oxygen atoms in total. The van der Waals surface area contributed by atoms with Crippen molar-refractivity contribution in [1.29, 1.82) is 0 Å². The van der Waals surface area contributed by atoms with Crippen LogP contribution in [-0.2, 0) is 4.74 Å². The van der Waals surface area contributed by atoms with Crippen LogP contribution in [0.25, 0.3) is 0 Å². The molecule has 0 saturated heterocycles. The van der Waals surface area contributed by atoms with Crippen molar-refractivity contribution in [2.24, 2.45) is 5.92 Å². The van der Waals surface area contributed by atoms with Crippen molar-refractivity contribution in [2.75, 3.05) is 33.4 Å². The van der Waals surface area contributed by atoms with Gasteiger partial charge < -0.3 is 14.7 Å². The second-order valence-corrected chi connectivity index (χ2v) is 5.04. The number of halogens is 3. The van der Waals surface area contributed by atoms with E-state index in [0.717, 1.165) is 25.8 Å². The molecule has 0 aromatic rings. The van der Waals surface area contributed by atoms with Gasteiger partial charge in [-0.05, 0) is 32.2 Å². The van der Waals surface area contributed by atoms with Crippen molar-refractivity contribution < 1.29 is 23.0 Å². The van der Waals surface area contributed by atoms with Crippen LogP contribution in [-0.4, -0.2) is 55.6 Å². The maximum Gasteiger partial charge on any atom is 0.411 e. The van der Waals surface area contributed by atoms with Crippen LogP contribution in [0.1, 0.15) is 25.7 Å². The maximum absolute atomic E-state index is 11.8. The Bertz CT molecular complexity index is 236. The van der Waals surface area contributed by atoms with Crippen LogP contribution >= 0.6 is 0 Å². The predicted molar refractivity (Wildman–Crippen MR) is 62.3 cm³/mol. The normalized spacial score (nSPS) is 25.0. The van der Waals surface area contributed by atoms with Crippen molar-refractivity contribution in [1.82, 2.24) is 4.90 Å². The van der Waals surface area contributed by atoms with E-state index in [0.29, 0.717) is 18.9 Å². The van der Waals surface area contributed by atoms with Gasteiger partial charge in [0.1, 0.15) is 6.61 Å². The first-order chi connectivity index (χ1) is 8.38. The number of hydrogen-bond acceptors (Lipinski definition) is 3. The summed E-state index contributed by atoms with van der Waals surface area (Å²) < 4.78 is 39.9. The van der Waals surface area contributed by atoms with Crippen LogP contribution in [0.3, 0.4) is 0 Å². The summed E-state index contributed by atoms with van der Waals surface area (Å²) in [7, 11) is 1.93. The second kappa shape index (κ2) is 7.31. The molecule has 1 aliphatic rings. The van der Waals surface area contributed by atoms with Gasteiger partial charge in [0.05, 0.1) is 6.10 Å². The van der Waals surface area contributed by atoms with Crippen LogP contribution in [0.5, 0.6) is 0 Å². The molecule has 0 bridgehead atoms. The summed E-state index contributed by atoms with van der Waals surface area (Å²) in [5, 5.41) is 9.66. The van der Waals surface area contributed by atoms with Crippen molar-refractivity contribution in [2.45, 2.75) is 38.0 Å². The number of ether oxygens (including phenoxy) is 1. The van der Waals surface area contributed by atoms with Gasteiger partial charge in [0.15, 0.2) is 0 Å². The first kappa shape index (κ1) is 15.7. The highest BCUT2D eigenvalue weighted by Crippen LogP contribution is 2.25. The van der Waals surface area contributed by atoms with Crippen LogP contribution in [0.15, 0.2) is 0 Å². The van der Waals surface area contributed by atoms with Gasteiger partial charge in [0, 0.05) is 19.7 Å². The molecule has 0 amide bonds. The van der Waals surface area contributed by atoms with Crippen molar-refractivity contribution in [3.63, 3.8) is 0 Å². The Morgan fingerprint density at radius 3 is 2.61 bits per heavy atom. The quantitative estimate of drug-likeness (QED) is 0.718. The molecule has 1 N–H and O–H groups in total. The molecule has 0 aromatic carbocycles. The van der Waals surface area contributed by atoms with Crippen LogP contribution in [0.2, 0.25) is 0 Å². The summed E-state index contributed by atoms with van der Waals surface area (Å²) in [5.41, 5.74) is 0. The maximum atomic E-state index is 11.8. The summed E-state index contributed by atoms with van der Waals surface area (Å²) in [6.07, 6.45) is -0.902. The number of alkyl halides is 3. The Morgan fingerprint density at radius 2 is 2.06 bits per heavy atom. The molecule has 1 fully saturated rings. The molecule has 0 aromatic heterocycles. The lowest BCUT2D eigenvalue weighted by Gasteiger charge is -2.23. The van der Waals surface area contributed by atoms with Gasteiger partial charge in [-0.25, -0.2) is 0 Å². The van der Waals surface area contributed by atoms with Gasteiger partial charge in [-0.2, -0.15) is 13.2 Å². The number of nitrogens with zero attached hydrogens (tertiary/aromatic N) is 1. The summed E-state index contributed by atoms with van der Waals surface area (Å²) in [4.78, 5) is 2.05. The van der Waals surface area contributed by atoms with Crippen LogP contribution < -0.4 is 0 Å². The third kappa shape index (κ3) is 6.56. The summed E-state index contributed by atoms with van der Waals surface area (Å²) in [6.45, 7) is 0.455. The number of rotatable bonds is 7. The molecule has 1 aliphatic carbocycles. The molecular formula is C12H22F3NO2. The van der Waals surface area contributed by atoms with Crippen molar-refractivity contribution in [3.8, 4) is 0 Å². The van der Waals surface area contributed by atoms with E-state index < -0.39 is 12.8 Å². The van der Waals surface area contributed by atoms with Crippen LogP contribution in [0, 0.1) is 5.92 Å². The number of aliphatic hydroxyl groups is 1. The molecule has 0 aliphatic heterocycles. The Morgan fingerprint density at radius 1 is 1.33 bits per heavy atom. The minimum atomic E-state index is -4.24. The molecule has 1 saturated carbocycles. The first-order valence-electron chi connectivity index (χ1n) is 6.39. The second-order valence-electron chi connectivity index (χ2n) is 5.04. The smallest absolute Gasteiger partial charge is 0.393 e. The van der Waals surface area contributed by atoms with Gasteiger partial charge in [-0.15, -0.1) is 0 Å². The minimum absolute atomic E-state index is 0.122. The monoisotopic (exact) mass is 269 g/mol. The Kier molecular flexibility index (Phi) is 6.38. The zero-order chi connectivity index (χ0) is 13.6. The topological polar surface area (TPSA) is 32.7 Å². The SMILES string of the molecule is CN(CCCOCC(F)(F)F)CC1CCCC1O. The fourth-order valence-electron chi connectivity index (χ4n) is 2.35. The minimum Gasteiger partial charge on any atom is -0.393 e. The highest BCUT2D eigenvalue weighted by atomic mass is 19.4. The standard InChI is InChI=1S/C12H22F3NO2/c1-16(8-10-4-2-5-11(10)17)6-3-7-18-9-12(13,14)15/h10-11,17H,2-9H2,1H3. The number of hydrogen-bond donors (Lipinski definition) is 1. The fourth-order valence-corrected chi connectivity index (χ4v) is 2.35. The summed E-state index contributed by atoms with van der Waals surface area (Å²) in [5.74, 6) is 0.311. The zero-order valence-corrected chi connectivity index (χ0v) is 10.7. The molecule has 0 heterocycles. The van der Waals surface area contributed by atoms with E-state index in [1.807, 2.05) is 7.05 Å². The van der Waals surface area contributed by atoms with E-state index in [9.17, 15) is 18.3 Å². The van der Waals surface area contributed by atoms with E-state index in [4.69, 9.17) is 0 Å². The highest BCUT2D eigenvalue weighted by Gasteiger charge is 2.27. The number of aliphatic hydroxyl groups excluding tert-OH is 1. The Labute approximate surface area is 106 Å². The lowest BCUT2D eigenvalue weighted by molar-refractivity contribution is -0.174. The van der Waals surface area contributed by atoms with Gasteiger partial charge in [-0.1, -0.05) is 6.42 Å². The average Bonchev–Trinajstić information content (AvgIpc) is 2.62. The van der Waals surface area contributed by atoms with E-state index in [1.165, 1.54) is 0 Å². The van der Waals surface area contributed by atoms with E-state index in [2.05, 4.69) is 9.64 Å². The molecule has 2 atom stereocenters. The molecule has 6 heteroatoms. The lowest BCUT2D eigenvalue weighted by Crippen LogP contribution is -2.31. The summed E-state index contributed by atoms with van der Waals surface area (Å²) >= 11 is 0. The third-order valence-electron chi connectivity index (χ3n) is 3.26. The van der Waals surface area contributed by atoms with Crippen LogP contribution in [0.4, 0.5) is 13.2 Å². The average molecular weight is 269 g/mol. The van der Waals surface area contributed by atoms with Crippen molar-refractivity contribution >= 4 is 0 Å². The molecular weight excluding hydrogens is 247 g/mol. The highest BCUT2D eigenvalue weighted by molar-refractivity contribution is 4.78. The van der Waals surface area contributed by atoms with Gasteiger partial charge in [-0.3, -0.25) is 0 Å². The Balaban J connectivity index is 2.01. The van der Waals surface area contributed by atoms with Gasteiger partial charge in [0.25, 0.3) is 0 Å². The predicted octanol–water partition coefficient (Wildman–Crippen LogP) is 2.05. The largest absolute Gasteiger partial charge is 0.411 e. The Hall–Kier alpha value is -0.330. The van der Waals surface area contributed by atoms with E-state index >= 15 is 0 Å². The van der Waals surface area contributed by atoms with Crippen molar-refractivity contribution in [3.05, 3.63) is 0 Å². The van der Waals surface area contributed by atoms with Gasteiger partial charge >= 0.3 is 6.18 Å². The van der Waals surface area contributed by atoms with E-state index in [-0.39, 0.29) is 12.7 Å². The third-order valence-corrected chi connectivity index (χ3v) is 3.26. The molecule has 1 rings (SSSR count). The molecule has 108 valence electrons. The van der Waals surface area contributed by atoms with Gasteiger partial charge in [0.2, 0.25) is 0 Å². The van der Waals surface area contributed by atoms with E-state index in [1.54, 1.807) is 0 Å². The first-order valence-corrected chi connectivity index (χ1v) is 6.39. The molecule has 2 unspecified atom stereocenters. The molecule has 18 heavy (non-hydrogen) atoms. The zero-order valence-electron chi connectivity index (χ0n) is 10.7. The molecule has 0 radical (unpaired) electrons. The summed E-state index contributed by atoms with van der Waals surface area (Å²) in [6, 6.07) is 0. The lowest BCUT2D eigenvalue weighted by atomic mass is 10.1. The molecule has 0 spiro atoms.